The second-order valence-electron chi connectivity index (χ2n) is 6.44. The molecule has 1 aliphatic carbocycles. The fourth-order valence-corrected chi connectivity index (χ4v) is 3.29. The summed E-state index contributed by atoms with van der Waals surface area (Å²) in [6, 6.07) is 0.382. The molecule has 0 saturated heterocycles. The predicted molar refractivity (Wildman–Crippen MR) is 76.1 cm³/mol. The van der Waals surface area contributed by atoms with Gasteiger partial charge >= 0.3 is 0 Å². The molecule has 1 rings (SSSR count). The molecule has 0 spiro atoms. The summed E-state index contributed by atoms with van der Waals surface area (Å²) in [4.78, 5) is 0. The topological polar surface area (TPSA) is 38.0 Å². The molecule has 2 nitrogen and oxygen atoms in total. The van der Waals surface area contributed by atoms with Crippen LogP contribution in [0.4, 0.5) is 0 Å². The highest BCUT2D eigenvalue weighted by Crippen LogP contribution is 2.42. The van der Waals surface area contributed by atoms with Crippen LogP contribution in [0.15, 0.2) is 0 Å². The van der Waals surface area contributed by atoms with Gasteiger partial charge in [0.25, 0.3) is 0 Å². The van der Waals surface area contributed by atoms with Gasteiger partial charge in [-0.25, -0.2) is 0 Å². The molecule has 0 heterocycles. The lowest BCUT2D eigenvalue weighted by Crippen LogP contribution is -2.35. The van der Waals surface area contributed by atoms with Crippen LogP contribution >= 0.6 is 0 Å². The van der Waals surface area contributed by atoms with E-state index in [1.54, 1.807) is 0 Å². The monoisotopic (exact) mass is 240 g/mol. The fraction of sp³-hybridized carbons (Fsp3) is 1.00. The van der Waals surface area contributed by atoms with Crippen LogP contribution in [-0.2, 0) is 0 Å². The van der Waals surface area contributed by atoms with Gasteiger partial charge in [-0.15, -0.1) is 0 Å². The highest BCUT2D eigenvalue weighted by atomic mass is 14.9. The summed E-state index contributed by atoms with van der Waals surface area (Å²) in [6.07, 6.45) is 9.33. The van der Waals surface area contributed by atoms with Gasteiger partial charge < -0.3 is 11.1 Å². The van der Waals surface area contributed by atoms with E-state index >= 15 is 0 Å². The summed E-state index contributed by atoms with van der Waals surface area (Å²) in [5.41, 5.74) is 6.54. The Balaban J connectivity index is 2.25. The van der Waals surface area contributed by atoms with E-state index < -0.39 is 0 Å². The summed E-state index contributed by atoms with van der Waals surface area (Å²) >= 11 is 0. The van der Waals surface area contributed by atoms with Crippen molar-refractivity contribution in [2.75, 3.05) is 13.1 Å². The van der Waals surface area contributed by atoms with Crippen LogP contribution in [-0.4, -0.2) is 19.1 Å². The number of hydrogen-bond donors (Lipinski definition) is 2. The molecule has 0 radical (unpaired) electrons. The molecule has 2 heteroatoms. The summed E-state index contributed by atoms with van der Waals surface area (Å²) in [5, 5.41) is 3.66. The minimum Gasteiger partial charge on any atom is -0.328 e. The van der Waals surface area contributed by atoms with Crippen LogP contribution in [0.1, 0.15) is 65.7 Å². The minimum atomic E-state index is 0.382. The Morgan fingerprint density at radius 3 is 2.41 bits per heavy atom. The lowest BCUT2D eigenvalue weighted by molar-refractivity contribution is 0.223. The first-order chi connectivity index (χ1) is 8.08. The standard InChI is InChI=1S/C15H32N2/c1-4-14(16)7-10-17-12-15(11-13(2)3)8-5-6-9-15/h13-14,17H,4-12,16H2,1-3H3. The Kier molecular flexibility index (Phi) is 6.50. The minimum absolute atomic E-state index is 0.382. The van der Waals surface area contributed by atoms with Crippen LogP contribution in [0.25, 0.3) is 0 Å². The zero-order chi connectivity index (χ0) is 12.7. The van der Waals surface area contributed by atoms with Crippen molar-refractivity contribution in [3.63, 3.8) is 0 Å². The van der Waals surface area contributed by atoms with Crippen LogP contribution in [0.3, 0.4) is 0 Å². The largest absolute Gasteiger partial charge is 0.328 e. The van der Waals surface area contributed by atoms with Crippen LogP contribution in [0.5, 0.6) is 0 Å². The Labute approximate surface area is 108 Å². The van der Waals surface area contributed by atoms with E-state index in [1.165, 1.54) is 38.6 Å². The first-order valence-electron chi connectivity index (χ1n) is 7.54. The molecule has 0 aromatic rings. The number of nitrogens with two attached hydrogens (primary N) is 1. The predicted octanol–water partition coefficient (Wildman–Crippen LogP) is 3.31. The molecule has 1 atom stereocenters. The third-order valence-corrected chi connectivity index (χ3v) is 4.22. The molecule has 1 aliphatic rings. The van der Waals surface area contributed by atoms with Gasteiger partial charge in [0.15, 0.2) is 0 Å². The molecule has 17 heavy (non-hydrogen) atoms. The fourth-order valence-electron chi connectivity index (χ4n) is 3.29. The van der Waals surface area contributed by atoms with Crippen LogP contribution < -0.4 is 11.1 Å². The van der Waals surface area contributed by atoms with E-state index in [0.29, 0.717) is 11.5 Å². The van der Waals surface area contributed by atoms with Crippen LogP contribution in [0, 0.1) is 11.3 Å². The summed E-state index contributed by atoms with van der Waals surface area (Å²) in [5.74, 6) is 0.827. The Bertz CT molecular complexity index is 195. The third-order valence-electron chi connectivity index (χ3n) is 4.22. The zero-order valence-corrected chi connectivity index (χ0v) is 12.1. The Morgan fingerprint density at radius 1 is 1.24 bits per heavy atom. The molecule has 102 valence electrons. The Hall–Kier alpha value is -0.0800. The van der Waals surface area contributed by atoms with Crippen molar-refractivity contribution in [2.45, 2.75) is 71.8 Å². The van der Waals surface area contributed by atoms with Gasteiger partial charge in [0.05, 0.1) is 0 Å². The van der Waals surface area contributed by atoms with Gasteiger partial charge in [0.1, 0.15) is 0 Å². The summed E-state index contributed by atoms with van der Waals surface area (Å²) in [6.45, 7) is 9.18. The molecule has 1 unspecified atom stereocenters. The lowest BCUT2D eigenvalue weighted by atomic mass is 9.78. The number of rotatable bonds is 8. The molecule has 1 saturated carbocycles. The van der Waals surface area contributed by atoms with Crippen molar-refractivity contribution in [3.05, 3.63) is 0 Å². The highest BCUT2D eigenvalue weighted by Gasteiger charge is 2.33. The maximum atomic E-state index is 5.94. The van der Waals surface area contributed by atoms with E-state index in [9.17, 15) is 0 Å². The van der Waals surface area contributed by atoms with Crippen molar-refractivity contribution in [1.29, 1.82) is 0 Å². The van der Waals surface area contributed by atoms with Crippen LogP contribution in [0.2, 0.25) is 0 Å². The third kappa shape index (κ3) is 5.39. The number of hydrogen-bond acceptors (Lipinski definition) is 2. The molecule has 0 aromatic heterocycles. The quantitative estimate of drug-likeness (QED) is 0.639. The van der Waals surface area contributed by atoms with Gasteiger partial charge in [0.2, 0.25) is 0 Å². The molecule has 0 aliphatic heterocycles. The molecular weight excluding hydrogens is 208 g/mol. The van der Waals surface area contributed by atoms with Gasteiger partial charge in [-0.05, 0) is 50.0 Å². The van der Waals surface area contributed by atoms with E-state index in [1.807, 2.05) is 0 Å². The smallest absolute Gasteiger partial charge is 0.00482 e. The number of nitrogens with one attached hydrogen (secondary N) is 1. The molecule has 3 N–H and O–H groups in total. The normalized spacial score (nSPS) is 21.0. The van der Waals surface area contributed by atoms with Crippen molar-refractivity contribution in [1.82, 2.24) is 5.32 Å². The molecule has 0 amide bonds. The van der Waals surface area contributed by atoms with E-state index in [0.717, 1.165) is 25.3 Å². The SMILES string of the molecule is CCC(N)CCNCC1(CC(C)C)CCCC1. The van der Waals surface area contributed by atoms with E-state index in [-0.39, 0.29) is 0 Å². The Morgan fingerprint density at radius 2 is 1.88 bits per heavy atom. The summed E-state index contributed by atoms with van der Waals surface area (Å²) in [7, 11) is 0. The summed E-state index contributed by atoms with van der Waals surface area (Å²) < 4.78 is 0. The van der Waals surface area contributed by atoms with Crippen molar-refractivity contribution in [2.24, 2.45) is 17.1 Å². The maximum Gasteiger partial charge on any atom is 0.00482 e. The first-order valence-corrected chi connectivity index (χ1v) is 7.54. The lowest BCUT2D eigenvalue weighted by Gasteiger charge is -2.31. The average molecular weight is 240 g/mol. The second kappa shape index (κ2) is 7.38. The maximum absolute atomic E-state index is 5.94. The molecular formula is C15H32N2. The van der Waals surface area contributed by atoms with E-state index in [4.69, 9.17) is 5.73 Å². The van der Waals surface area contributed by atoms with Gasteiger partial charge in [0, 0.05) is 12.6 Å². The van der Waals surface area contributed by atoms with Gasteiger partial charge in [-0.3, -0.25) is 0 Å². The van der Waals surface area contributed by atoms with Crippen molar-refractivity contribution in [3.8, 4) is 0 Å². The zero-order valence-electron chi connectivity index (χ0n) is 12.1. The van der Waals surface area contributed by atoms with Gasteiger partial charge in [-0.2, -0.15) is 0 Å². The van der Waals surface area contributed by atoms with E-state index in [2.05, 4.69) is 26.1 Å². The molecule has 1 fully saturated rings. The molecule has 0 bridgehead atoms. The van der Waals surface area contributed by atoms with Crippen molar-refractivity contribution >= 4 is 0 Å². The van der Waals surface area contributed by atoms with Crippen molar-refractivity contribution < 1.29 is 0 Å². The average Bonchev–Trinajstić information content (AvgIpc) is 2.72. The molecule has 0 aromatic carbocycles. The first kappa shape index (κ1) is 15.0. The second-order valence-corrected chi connectivity index (χ2v) is 6.44. The van der Waals surface area contributed by atoms with Gasteiger partial charge in [-0.1, -0.05) is 33.6 Å². The highest BCUT2D eigenvalue weighted by molar-refractivity contribution is 4.87.